The minimum Gasteiger partial charge on any atom is -0.492 e. The van der Waals surface area contributed by atoms with Crippen LogP contribution in [0.2, 0.25) is 5.02 Å². The lowest BCUT2D eigenvalue weighted by molar-refractivity contribution is -0.121. The van der Waals surface area contributed by atoms with Gasteiger partial charge < -0.3 is 15.8 Å². The number of nitrogens with two attached hydrogens (primary N) is 1. The summed E-state index contributed by atoms with van der Waals surface area (Å²) in [6, 6.07) is 5.36. The smallest absolute Gasteiger partial charge is 0.223 e. The molecule has 1 aliphatic rings. The average molecular weight is 362 g/mol. The maximum atomic E-state index is 11.6. The Labute approximate surface area is 132 Å². The maximum Gasteiger partial charge on any atom is 0.223 e. The summed E-state index contributed by atoms with van der Waals surface area (Å²) in [6.07, 6.45) is 2.68. The molecule has 2 rings (SSSR count). The first-order chi connectivity index (χ1) is 9.56. The van der Waals surface area contributed by atoms with E-state index in [0.29, 0.717) is 36.3 Å². The Morgan fingerprint density at radius 1 is 1.55 bits per heavy atom. The van der Waals surface area contributed by atoms with Gasteiger partial charge in [0.2, 0.25) is 5.91 Å². The van der Waals surface area contributed by atoms with Crippen LogP contribution in [-0.2, 0) is 4.79 Å². The molecule has 20 heavy (non-hydrogen) atoms. The van der Waals surface area contributed by atoms with Crippen LogP contribution in [0.4, 0.5) is 0 Å². The monoisotopic (exact) mass is 360 g/mol. The quantitative estimate of drug-likeness (QED) is 0.785. The predicted octanol–water partition coefficient (Wildman–Crippen LogP) is 2.72. The number of rotatable bonds is 7. The van der Waals surface area contributed by atoms with Gasteiger partial charge >= 0.3 is 0 Å². The zero-order chi connectivity index (χ0) is 14.5. The van der Waals surface area contributed by atoms with Crippen molar-refractivity contribution in [1.82, 2.24) is 5.32 Å². The van der Waals surface area contributed by atoms with E-state index in [9.17, 15) is 4.79 Å². The Balaban J connectivity index is 1.65. The number of halogens is 2. The van der Waals surface area contributed by atoms with Crippen molar-refractivity contribution < 1.29 is 9.53 Å². The Morgan fingerprint density at radius 3 is 2.95 bits per heavy atom. The molecule has 1 unspecified atom stereocenters. The third-order valence-electron chi connectivity index (χ3n) is 3.24. The zero-order valence-electron chi connectivity index (χ0n) is 11.1. The maximum absolute atomic E-state index is 11.6. The summed E-state index contributed by atoms with van der Waals surface area (Å²) in [5.74, 6) is 1.24. The van der Waals surface area contributed by atoms with E-state index >= 15 is 0 Å². The number of amides is 1. The van der Waals surface area contributed by atoms with E-state index in [0.717, 1.165) is 4.47 Å². The van der Waals surface area contributed by atoms with Crippen molar-refractivity contribution in [2.75, 3.05) is 13.2 Å². The lowest BCUT2D eigenvalue weighted by Crippen LogP contribution is -2.38. The van der Waals surface area contributed by atoms with E-state index < -0.39 is 0 Å². The number of carbonyl (C=O) groups is 1. The van der Waals surface area contributed by atoms with Crippen molar-refractivity contribution in [1.29, 1.82) is 0 Å². The standard InChI is InChI=1S/C14H18BrClN2O2/c15-11-7-10(16)3-4-13(11)20-6-5-14(19)18-8-12(17)9-1-2-9/h3-4,7,9,12H,1-2,5-6,8,17H2,(H,18,19). The summed E-state index contributed by atoms with van der Waals surface area (Å²) in [5.41, 5.74) is 5.92. The molecule has 110 valence electrons. The van der Waals surface area contributed by atoms with Crippen LogP contribution in [0.15, 0.2) is 22.7 Å². The minimum absolute atomic E-state index is 0.0359. The second kappa shape index (κ2) is 7.29. The lowest BCUT2D eigenvalue weighted by atomic mass is 10.2. The van der Waals surface area contributed by atoms with Gasteiger partial charge in [0.25, 0.3) is 0 Å². The van der Waals surface area contributed by atoms with E-state index in [1.807, 2.05) is 0 Å². The summed E-state index contributed by atoms with van der Waals surface area (Å²) >= 11 is 9.20. The van der Waals surface area contributed by atoms with Crippen molar-refractivity contribution in [2.24, 2.45) is 11.7 Å². The number of benzene rings is 1. The topological polar surface area (TPSA) is 64.3 Å². The van der Waals surface area contributed by atoms with Gasteiger partial charge in [0.1, 0.15) is 5.75 Å². The molecule has 1 amide bonds. The Hall–Kier alpha value is -0.780. The molecule has 1 aromatic carbocycles. The number of ether oxygens (including phenoxy) is 1. The van der Waals surface area contributed by atoms with Gasteiger partial charge in [0.15, 0.2) is 0 Å². The minimum atomic E-state index is -0.0359. The number of carbonyl (C=O) groups excluding carboxylic acids is 1. The second-order valence-corrected chi connectivity index (χ2v) is 6.27. The number of hydrogen-bond acceptors (Lipinski definition) is 3. The van der Waals surface area contributed by atoms with Gasteiger partial charge in [-0.1, -0.05) is 11.6 Å². The van der Waals surface area contributed by atoms with Crippen LogP contribution in [0, 0.1) is 5.92 Å². The molecule has 3 N–H and O–H groups in total. The molecule has 1 aromatic rings. The zero-order valence-corrected chi connectivity index (χ0v) is 13.4. The molecule has 4 nitrogen and oxygen atoms in total. The highest BCUT2D eigenvalue weighted by Gasteiger charge is 2.28. The van der Waals surface area contributed by atoms with Gasteiger partial charge in [-0.05, 0) is 52.9 Å². The summed E-state index contributed by atoms with van der Waals surface area (Å²) in [6.45, 7) is 0.874. The fourth-order valence-electron chi connectivity index (χ4n) is 1.86. The first kappa shape index (κ1) is 15.6. The summed E-state index contributed by atoms with van der Waals surface area (Å²) in [4.78, 5) is 11.6. The van der Waals surface area contributed by atoms with Crippen LogP contribution in [0.25, 0.3) is 0 Å². The van der Waals surface area contributed by atoms with Crippen molar-refractivity contribution in [3.05, 3.63) is 27.7 Å². The van der Waals surface area contributed by atoms with Gasteiger partial charge in [-0.15, -0.1) is 0 Å². The van der Waals surface area contributed by atoms with Gasteiger partial charge in [0.05, 0.1) is 17.5 Å². The number of hydrogen-bond donors (Lipinski definition) is 2. The molecule has 6 heteroatoms. The molecule has 1 atom stereocenters. The molecule has 0 heterocycles. The molecule has 1 fully saturated rings. The van der Waals surface area contributed by atoms with E-state index in [1.54, 1.807) is 18.2 Å². The second-order valence-electron chi connectivity index (χ2n) is 4.98. The Bertz CT molecular complexity index is 480. The molecule has 0 aromatic heterocycles. The normalized spacial score (nSPS) is 15.8. The van der Waals surface area contributed by atoms with E-state index in [-0.39, 0.29) is 11.9 Å². The Morgan fingerprint density at radius 2 is 2.30 bits per heavy atom. The van der Waals surface area contributed by atoms with E-state index in [4.69, 9.17) is 22.1 Å². The summed E-state index contributed by atoms with van der Waals surface area (Å²) < 4.78 is 6.31. The highest BCUT2D eigenvalue weighted by atomic mass is 79.9. The first-order valence-corrected chi connectivity index (χ1v) is 7.83. The van der Waals surface area contributed by atoms with Crippen LogP contribution in [0.1, 0.15) is 19.3 Å². The van der Waals surface area contributed by atoms with E-state index in [1.165, 1.54) is 12.8 Å². The summed E-state index contributed by atoms with van der Waals surface area (Å²) in [7, 11) is 0. The Kier molecular flexibility index (Phi) is 5.69. The van der Waals surface area contributed by atoms with Crippen LogP contribution >= 0.6 is 27.5 Å². The molecule has 0 radical (unpaired) electrons. The molecule has 1 saturated carbocycles. The van der Waals surface area contributed by atoms with Crippen LogP contribution in [0.5, 0.6) is 5.75 Å². The highest BCUT2D eigenvalue weighted by Crippen LogP contribution is 2.31. The summed E-state index contributed by atoms with van der Waals surface area (Å²) in [5, 5.41) is 3.47. The molecule has 0 saturated heterocycles. The predicted molar refractivity (Wildman–Crippen MR) is 83.0 cm³/mol. The highest BCUT2D eigenvalue weighted by molar-refractivity contribution is 9.10. The fraction of sp³-hybridized carbons (Fsp3) is 0.500. The molecule has 0 aliphatic heterocycles. The van der Waals surface area contributed by atoms with Crippen molar-refractivity contribution in [3.63, 3.8) is 0 Å². The van der Waals surface area contributed by atoms with Crippen molar-refractivity contribution in [2.45, 2.75) is 25.3 Å². The van der Waals surface area contributed by atoms with Gasteiger partial charge in [-0.2, -0.15) is 0 Å². The van der Waals surface area contributed by atoms with Crippen LogP contribution in [-0.4, -0.2) is 25.1 Å². The molecular formula is C14H18BrClN2O2. The largest absolute Gasteiger partial charge is 0.492 e. The SMILES string of the molecule is NC(CNC(=O)CCOc1ccc(Cl)cc1Br)C1CC1. The lowest BCUT2D eigenvalue weighted by Gasteiger charge is -2.12. The molecule has 0 bridgehead atoms. The van der Waals surface area contributed by atoms with Crippen LogP contribution in [0.3, 0.4) is 0 Å². The third kappa shape index (κ3) is 4.96. The van der Waals surface area contributed by atoms with Gasteiger partial charge in [-0.25, -0.2) is 0 Å². The molecule has 0 spiro atoms. The van der Waals surface area contributed by atoms with Crippen LogP contribution < -0.4 is 15.8 Å². The number of nitrogens with one attached hydrogen (secondary N) is 1. The van der Waals surface area contributed by atoms with Crippen molar-refractivity contribution in [3.8, 4) is 5.75 Å². The van der Waals surface area contributed by atoms with E-state index in [2.05, 4.69) is 21.2 Å². The fourth-order valence-corrected chi connectivity index (χ4v) is 2.65. The third-order valence-corrected chi connectivity index (χ3v) is 4.10. The molecule has 1 aliphatic carbocycles. The first-order valence-electron chi connectivity index (χ1n) is 6.66. The van der Waals surface area contributed by atoms with Gasteiger partial charge in [0, 0.05) is 17.6 Å². The van der Waals surface area contributed by atoms with Gasteiger partial charge in [-0.3, -0.25) is 4.79 Å². The average Bonchev–Trinajstić information content (AvgIpc) is 3.23. The molecular weight excluding hydrogens is 344 g/mol. The van der Waals surface area contributed by atoms with Crippen molar-refractivity contribution >= 4 is 33.4 Å².